The molecule has 150 valence electrons. The second-order valence-electron chi connectivity index (χ2n) is 6.02. The standard InChI is InChI=1S/C20H22F2N2O4/c1-13(25)24(10-9-14-7-8-17(27-2)18(11-14)28-3)12-19(26)23-20-15(21)5-4-6-16(20)22/h4-8,11H,9-10,12H2,1-3H3,(H,23,26). The van der Waals surface area contributed by atoms with E-state index in [1.165, 1.54) is 32.1 Å². The number of nitrogens with one attached hydrogen (secondary N) is 1. The molecule has 0 aliphatic carbocycles. The smallest absolute Gasteiger partial charge is 0.244 e. The van der Waals surface area contributed by atoms with Gasteiger partial charge in [0.2, 0.25) is 11.8 Å². The number of ether oxygens (including phenoxy) is 2. The molecule has 28 heavy (non-hydrogen) atoms. The summed E-state index contributed by atoms with van der Waals surface area (Å²) in [5, 5.41) is 2.18. The molecule has 0 saturated heterocycles. The summed E-state index contributed by atoms with van der Waals surface area (Å²) in [5.74, 6) is -1.64. The first-order chi connectivity index (χ1) is 13.3. The Morgan fingerprint density at radius 2 is 1.68 bits per heavy atom. The lowest BCUT2D eigenvalue weighted by atomic mass is 10.1. The number of benzene rings is 2. The first kappa shape index (κ1) is 21.1. The number of halogens is 2. The van der Waals surface area contributed by atoms with Crippen molar-refractivity contribution in [2.45, 2.75) is 13.3 Å². The van der Waals surface area contributed by atoms with E-state index < -0.39 is 23.2 Å². The van der Waals surface area contributed by atoms with Crippen LogP contribution in [-0.4, -0.2) is 44.0 Å². The van der Waals surface area contributed by atoms with Crippen LogP contribution in [0.25, 0.3) is 0 Å². The fourth-order valence-electron chi connectivity index (χ4n) is 2.62. The molecule has 8 heteroatoms. The summed E-state index contributed by atoms with van der Waals surface area (Å²) in [6, 6.07) is 8.64. The van der Waals surface area contributed by atoms with Crippen LogP contribution in [0.15, 0.2) is 36.4 Å². The molecule has 0 aliphatic rings. The number of carbonyl (C=O) groups is 2. The zero-order chi connectivity index (χ0) is 20.7. The fraction of sp³-hybridized carbons (Fsp3) is 0.300. The van der Waals surface area contributed by atoms with Crippen LogP contribution < -0.4 is 14.8 Å². The Kier molecular flexibility index (Phi) is 7.31. The number of carbonyl (C=O) groups excluding carboxylic acids is 2. The van der Waals surface area contributed by atoms with Crippen molar-refractivity contribution in [3.8, 4) is 11.5 Å². The van der Waals surface area contributed by atoms with Crippen LogP contribution in [0.1, 0.15) is 12.5 Å². The summed E-state index contributed by atoms with van der Waals surface area (Å²) in [6.45, 7) is 1.25. The van der Waals surface area contributed by atoms with Crippen molar-refractivity contribution in [1.29, 1.82) is 0 Å². The number of hydrogen-bond acceptors (Lipinski definition) is 4. The van der Waals surface area contributed by atoms with E-state index in [1.54, 1.807) is 12.1 Å². The van der Waals surface area contributed by atoms with E-state index in [0.29, 0.717) is 17.9 Å². The van der Waals surface area contributed by atoms with Crippen LogP contribution in [-0.2, 0) is 16.0 Å². The highest BCUT2D eigenvalue weighted by Gasteiger charge is 2.17. The molecular formula is C20H22F2N2O4. The summed E-state index contributed by atoms with van der Waals surface area (Å²) >= 11 is 0. The molecule has 1 N–H and O–H groups in total. The van der Waals surface area contributed by atoms with Crippen LogP contribution in [0.5, 0.6) is 11.5 Å². The van der Waals surface area contributed by atoms with Crippen LogP contribution in [0.2, 0.25) is 0 Å². The molecule has 0 heterocycles. The Labute approximate surface area is 162 Å². The Morgan fingerprint density at radius 3 is 2.25 bits per heavy atom. The van der Waals surface area contributed by atoms with Gasteiger partial charge < -0.3 is 19.7 Å². The Hall–Kier alpha value is -3.16. The maximum absolute atomic E-state index is 13.7. The number of para-hydroxylation sites is 1. The third kappa shape index (κ3) is 5.42. The normalized spacial score (nSPS) is 10.3. The van der Waals surface area contributed by atoms with Gasteiger partial charge in [-0.2, -0.15) is 0 Å². The fourth-order valence-corrected chi connectivity index (χ4v) is 2.62. The molecule has 0 aromatic heterocycles. The minimum Gasteiger partial charge on any atom is -0.493 e. The number of anilines is 1. The molecule has 0 spiro atoms. The van der Waals surface area contributed by atoms with Gasteiger partial charge in [-0.05, 0) is 36.2 Å². The van der Waals surface area contributed by atoms with Crippen molar-refractivity contribution in [2.24, 2.45) is 0 Å². The van der Waals surface area contributed by atoms with Gasteiger partial charge in [-0.3, -0.25) is 9.59 Å². The van der Waals surface area contributed by atoms with E-state index in [0.717, 1.165) is 17.7 Å². The van der Waals surface area contributed by atoms with Crippen molar-refractivity contribution < 1.29 is 27.8 Å². The minimum absolute atomic E-state index is 0.248. The van der Waals surface area contributed by atoms with Crippen molar-refractivity contribution >= 4 is 17.5 Å². The second-order valence-corrected chi connectivity index (χ2v) is 6.02. The molecule has 0 bridgehead atoms. The van der Waals surface area contributed by atoms with E-state index in [1.807, 2.05) is 6.07 Å². The van der Waals surface area contributed by atoms with Gasteiger partial charge in [0.05, 0.1) is 20.8 Å². The van der Waals surface area contributed by atoms with Gasteiger partial charge in [0, 0.05) is 13.5 Å². The molecule has 2 amide bonds. The van der Waals surface area contributed by atoms with Gasteiger partial charge in [-0.15, -0.1) is 0 Å². The highest BCUT2D eigenvalue weighted by atomic mass is 19.1. The van der Waals surface area contributed by atoms with Gasteiger partial charge in [-0.1, -0.05) is 12.1 Å². The first-order valence-electron chi connectivity index (χ1n) is 8.56. The Morgan fingerprint density at radius 1 is 1.04 bits per heavy atom. The molecule has 2 rings (SSSR count). The topological polar surface area (TPSA) is 67.9 Å². The number of hydrogen-bond donors (Lipinski definition) is 1. The summed E-state index contributed by atoms with van der Waals surface area (Å²) in [7, 11) is 3.06. The molecule has 0 saturated carbocycles. The number of rotatable bonds is 8. The van der Waals surface area contributed by atoms with Crippen LogP contribution in [0.3, 0.4) is 0 Å². The van der Waals surface area contributed by atoms with Crippen molar-refractivity contribution in [3.05, 3.63) is 53.6 Å². The van der Waals surface area contributed by atoms with Crippen molar-refractivity contribution in [1.82, 2.24) is 4.90 Å². The Bertz CT molecular complexity index is 838. The van der Waals surface area contributed by atoms with Crippen LogP contribution in [0, 0.1) is 11.6 Å². The minimum atomic E-state index is -0.881. The highest BCUT2D eigenvalue weighted by molar-refractivity contribution is 5.94. The molecule has 6 nitrogen and oxygen atoms in total. The largest absolute Gasteiger partial charge is 0.493 e. The van der Waals surface area contributed by atoms with Gasteiger partial charge in [0.25, 0.3) is 0 Å². The van der Waals surface area contributed by atoms with E-state index in [-0.39, 0.29) is 19.0 Å². The first-order valence-corrected chi connectivity index (χ1v) is 8.56. The third-order valence-electron chi connectivity index (χ3n) is 4.13. The van der Waals surface area contributed by atoms with Crippen LogP contribution in [0.4, 0.5) is 14.5 Å². The molecule has 0 radical (unpaired) electrons. The summed E-state index contributed by atoms with van der Waals surface area (Å²) in [6.07, 6.45) is 0.460. The van der Waals surface area contributed by atoms with E-state index in [4.69, 9.17) is 9.47 Å². The summed E-state index contributed by atoms with van der Waals surface area (Å²) in [4.78, 5) is 25.3. The van der Waals surface area contributed by atoms with Crippen LogP contribution >= 0.6 is 0 Å². The SMILES string of the molecule is COc1ccc(CCN(CC(=O)Nc2c(F)cccc2F)C(C)=O)cc1OC. The van der Waals surface area contributed by atoms with E-state index >= 15 is 0 Å². The lowest BCUT2D eigenvalue weighted by Crippen LogP contribution is -2.38. The van der Waals surface area contributed by atoms with E-state index in [9.17, 15) is 18.4 Å². The van der Waals surface area contributed by atoms with E-state index in [2.05, 4.69) is 5.32 Å². The predicted octanol–water partition coefficient (Wildman–Crippen LogP) is 3.01. The van der Waals surface area contributed by atoms with Gasteiger partial charge >= 0.3 is 0 Å². The molecule has 0 fully saturated rings. The molecule has 2 aromatic rings. The summed E-state index contributed by atoms with van der Waals surface area (Å²) < 4.78 is 37.7. The highest BCUT2D eigenvalue weighted by Crippen LogP contribution is 2.27. The average molecular weight is 392 g/mol. The lowest BCUT2D eigenvalue weighted by molar-refractivity contribution is -0.132. The van der Waals surface area contributed by atoms with Gasteiger partial charge in [-0.25, -0.2) is 8.78 Å². The average Bonchev–Trinajstić information content (AvgIpc) is 2.67. The molecule has 0 aliphatic heterocycles. The molecule has 0 unspecified atom stereocenters. The monoisotopic (exact) mass is 392 g/mol. The zero-order valence-electron chi connectivity index (χ0n) is 15.9. The van der Waals surface area contributed by atoms with Crippen molar-refractivity contribution in [3.63, 3.8) is 0 Å². The Balaban J connectivity index is 2.02. The predicted molar refractivity (Wildman–Crippen MR) is 100 cm³/mol. The second kappa shape index (κ2) is 9.68. The number of methoxy groups -OCH3 is 2. The molecular weight excluding hydrogens is 370 g/mol. The van der Waals surface area contributed by atoms with Gasteiger partial charge in [0.15, 0.2) is 11.5 Å². The number of amides is 2. The molecule has 0 atom stereocenters. The lowest BCUT2D eigenvalue weighted by Gasteiger charge is -2.21. The maximum Gasteiger partial charge on any atom is 0.244 e. The van der Waals surface area contributed by atoms with Crippen molar-refractivity contribution in [2.75, 3.05) is 32.6 Å². The third-order valence-corrected chi connectivity index (χ3v) is 4.13. The quantitative estimate of drug-likeness (QED) is 0.750. The molecule has 2 aromatic carbocycles. The maximum atomic E-state index is 13.7. The number of nitrogens with zero attached hydrogens (tertiary/aromatic N) is 1. The summed E-state index contributed by atoms with van der Waals surface area (Å²) in [5.41, 5.74) is 0.348. The van der Waals surface area contributed by atoms with Gasteiger partial charge in [0.1, 0.15) is 17.3 Å². The zero-order valence-corrected chi connectivity index (χ0v) is 15.9.